The molecule has 0 fully saturated rings. The largest absolute Gasteiger partial charge is 0.323 e. The lowest BCUT2D eigenvalue weighted by Crippen LogP contribution is -2.17. The van der Waals surface area contributed by atoms with Gasteiger partial charge in [0.25, 0.3) is 0 Å². The molecule has 0 saturated heterocycles. The van der Waals surface area contributed by atoms with Crippen molar-refractivity contribution in [3.8, 4) is 0 Å². The van der Waals surface area contributed by atoms with Crippen molar-refractivity contribution < 1.29 is 0 Å². The highest BCUT2D eigenvalue weighted by Gasteiger charge is 2.17. The van der Waals surface area contributed by atoms with Gasteiger partial charge in [-0.05, 0) is 34.3 Å². The van der Waals surface area contributed by atoms with Gasteiger partial charge in [-0.3, -0.25) is 0 Å². The zero-order valence-corrected chi connectivity index (χ0v) is 11.5. The first-order valence-corrected chi connectivity index (χ1v) is 6.75. The van der Waals surface area contributed by atoms with Crippen LogP contribution in [0.1, 0.15) is 37.6 Å². The molecule has 80 valence electrons. The molecule has 1 aromatic heterocycles. The molecule has 0 radical (unpaired) electrons. The molecular weight excluding hydrogens is 282 g/mol. The number of rotatable bonds is 4. The third-order valence-corrected chi connectivity index (χ3v) is 4.93. The summed E-state index contributed by atoms with van der Waals surface area (Å²) in [4.78, 5) is 1.17. The maximum atomic E-state index is 6.14. The molecule has 1 nitrogen and oxygen atoms in total. The molecule has 0 amide bonds. The normalized spacial score (nSPS) is 15.5. The maximum Gasteiger partial charge on any atom is 0.107 e. The van der Waals surface area contributed by atoms with Crippen LogP contribution >= 0.6 is 38.9 Å². The molecule has 0 aliphatic carbocycles. The molecule has 2 unspecified atom stereocenters. The Morgan fingerprint density at radius 3 is 2.71 bits per heavy atom. The molecule has 0 saturated carbocycles. The second-order valence-corrected chi connectivity index (χ2v) is 6.10. The van der Waals surface area contributed by atoms with Crippen LogP contribution in [0, 0.1) is 5.92 Å². The minimum Gasteiger partial charge on any atom is -0.323 e. The van der Waals surface area contributed by atoms with Crippen molar-refractivity contribution in [2.24, 2.45) is 11.7 Å². The summed E-state index contributed by atoms with van der Waals surface area (Å²) in [5.41, 5.74) is 6.14. The van der Waals surface area contributed by atoms with Gasteiger partial charge in [0.2, 0.25) is 0 Å². The first kappa shape index (κ1) is 12.5. The average molecular weight is 297 g/mol. The van der Waals surface area contributed by atoms with Crippen LogP contribution in [0.3, 0.4) is 0 Å². The lowest BCUT2D eigenvalue weighted by molar-refractivity contribution is 0.438. The second-order valence-electron chi connectivity index (χ2n) is 3.56. The lowest BCUT2D eigenvalue weighted by atomic mass is 9.97. The van der Waals surface area contributed by atoms with E-state index in [4.69, 9.17) is 17.3 Å². The topological polar surface area (TPSA) is 26.0 Å². The van der Waals surface area contributed by atoms with Gasteiger partial charge in [-0.2, -0.15) is 0 Å². The molecule has 0 spiro atoms. The Morgan fingerprint density at radius 1 is 1.64 bits per heavy atom. The van der Waals surface area contributed by atoms with Crippen LogP contribution < -0.4 is 5.73 Å². The molecule has 0 bridgehead atoms. The predicted octanol–water partition coefficient (Wildman–Crippen LogP) is 4.60. The molecule has 1 rings (SSSR count). The van der Waals surface area contributed by atoms with E-state index < -0.39 is 0 Å². The molecule has 14 heavy (non-hydrogen) atoms. The van der Waals surface area contributed by atoms with Crippen LogP contribution in [0.2, 0.25) is 4.34 Å². The van der Waals surface area contributed by atoms with Crippen LogP contribution in [-0.4, -0.2) is 0 Å². The van der Waals surface area contributed by atoms with Gasteiger partial charge in [-0.1, -0.05) is 31.9 Å². The lowest BCUT2D eigenvalue weighted by Gasteiger charge is -2.17. The van der Waals surface area contributed by atoms with Gasteiger partial charge < -0.3 is 5.73 Å². The predicted molar refractivity (Wildman–Crippen MR) is 68.0 cm³/mol. The van der Waals surface area contributed by atoms with Crippen LogP contribution in [0.15, 0.2) is 10.5 Å². The smallest absolute Gasteiger partial charge is 0.107 e. The molecular formula is C10H15BrClNS. The zero-order valence-electron chi connectivity index (χ0n) is 8.39. The summed E-state index contributed by atoms with van der Waals surface area (Å²) in [7, 11) is 0. The second kappa shape index (κ2) is 5.50. The van der Waals surface area contributed by atoms with E-state index in [2.05, 4.69) is 29.8 Å². The Labute approximate surface area is 103 Å². The van der Waals surface area contributed by atoms with Gasteiger partial charge in [0.1, 0.15) is 4.34 Å². The van der Waals surface area contributed by atoms with Crippen molar-refractivity contribution in [1.82, 2.24) is 0 Å². The molecule has 0 aliphatic heterocycles. The first-order valence-electron chi connectivity index (χ1n) is 4.76. The van der Waals surface area contributed by atoms with Crippen molar-refractivity contribution in [2.45, 2.75) is 32.7 Å². The van der Waals surface area contributed by atoms with Gasteiger partial charge >= 0.3 is 0 Å². The highest BCUT2D eigenvalue weighted by molar-refractivity contribution is 9.10. The number of nitrogens with two attached hydrogens (primary N) is 1. The maximum absolute atomic E-state index is 6.14. The van der Waals surface area contributed by atoms with Crippen LogP contribution in [0.25, 0.3) is 0 Å². The SMILES string of the molecule is CCCC(C)C(N)c1cc(Br)c(Cl)s1. The zero-order chi connectivity index (χ0) is 10.7. The third-order valence-electron chi connectivity index (χ3n) is 2.35. The Morgan fingerprint density at radius 2 is 2.29 bits per heavy atom. The van der Waals surface area contributed by atoms with Crippen LogP contribution in [0.5, 0.6) is 0 Å². The molecule has 2 atom stereocenters. The quantitative estimate of drug-likeness (QED) is 0.863. The molecule has 0 aromatic carbocycles. The van der Waals surface area contributed by atoms with E-state index in [-0.39, 0.29) is 6.04 Å². The standard InChI is InChI=1S/C10H15BrClNS/c1-3-4-6(2)9(13)8-5-7(11)10(12)14-8/h5-6,9H,3-4,13H2,1-2H3. The molecule has 4 heteroatoms. The Bertz CT molecular complexity index is 281. The minimum atomic E-state index is 0.115. The van der Waals surface area contributed by atoms with Gasteiger partial charge in [0.05, 0.1) is 0 Å². The van der Waals surface area contributed by atoms with Crippen molar-refractivity contribution in [3.05, 3.63) is 19.8 Å². The summed E-state index contributed by atoms with van der Waals surface area (Å²) in [6, 6.07) is 2.15. The fraction of sp³-hybridized carbons (Fsp3) is 0.600. The van der Waals surface area contributed by atoms with E-state index in [9.17, 15) is 0 Å². The van der Waals surface area contributed by atoms with Gasteiger partial charge in [0, 0.05) is 15.4 Å². The monoisotopic (exact) mass is 295 g/mol. The summed E-state index contributed by atoms with van der Waals surface area (Å²) in [5, 5.41) is 0. The number of hydrogen-bond acceptors (Lipinski definition) is 2. The fourth-order valence-electron chi connectivity index (χ4n) is 1.44. The Kier molecular flexibility index (Phi) is 4.91. The molecule has 0 aliphatic rings. The molecule has 2 N–H and O–H groups in total. The van der Waals surface area contributed by atoms with E-state index in [0.717, 1.165) is 15.2 Å². The summed E-state index contributed by atoms with van der Waals surface area (Å²) >= 11 is 10.9. The van der Waals surface area contributed by atoms with E-state index in [1.807, 2.05) is 6.07 Å². The summed E-state index contributed by atoms with van der Waals surface area (Å²) in [6.45, 7) is 4.37. The van der Waals surface area contributed by atoms with Crippen molar-refractivity contribution >= 4 is 38.9 Å². The first-order chi connectivity index (χ1) is 6.56. The summed E-state index contributed by atoms with van der Waals surface area (Å²) in [6.07, 6.45) is 2.34. The fourth-order valence-corrected chi connectivity index (χ4v) is 3.31. The summed E-state index contributed by atoms with van der Waals surface area (Å²) in [5.74, 6) is 0.515. The van der Waals surface area contributed by atoms with Crippen molar-refractivity contribution in [2.75, 3.05) is 0 Å². The van der Waals surface area contributed by atoms with Gasteiger partial charge in [0.15, 0.2) is 0 Å². The van der Waals surface area contributed by atoms with Crippen molar-refractivity contribution in [1.29, 1.82) is 0 Å². The Balaban J connectivity index is 2.73. The molecule has 1 aromatic rings. The van der Waals surface area contributed by atoms with Gasteiger partial charge in [-0.25, -0.2) is 0 Å². The van der Waals surface area contributed by atoms with E-state index >= 15 is 0 Å². The summed E-state index contributed by atoms with van der Waals surface area (Å²) < 4.78 is 1.75. The molecule has 1 heterocycles. The average Bonchev–Trinajstić information content (AvgIpc) is 2.46. The minimum absolute atomic E-state index is 0.115. The number of halogens is 2. The number of thiophene rings is 1. The third kappa shape index (κ3) is 2.96. The highest BCUT2D eigenvalue weighted by Crippen LogP contribution is 2.37. The Hall–Kier alpha value is 0.430. The van der Waals surface area contributed by atoms with Crippen LogP contribution in [0.4, 0.5) is 0 Å². The van der Waals surface area contributed by atoms with E-state index in [1.54, 1.807) is 11.3 Å². The van der Waals surface area contributed by atoms with E-state index in [1.165, 1.54) is 11.3 Å². The van der Waals surface area contributed by atoms with Gasteiger partial charge in [-0.15, -0.1) is 11.3 Å². The van der Waals surface area contributed by atoms with Crippen LogP contribution in [-0.2, 0) is 0 Å². The van der Waals surface area contributed by atoms with E-state index in [0.29, 0.717) is 5.92 Å². The highest BCUT2D eigenvalue weighted by atomic mass is 79.9. The van der Waals surface area contributed by atoms with Crippen molar-refractivity contribution in [3.63, 3.8) is 0 Å². The number of hydrogen-bond donors (Lipinski definition) is 1.